The molecule has 0 aromatic carbocycles. The molecular formula is C13H21NO. The Morgan fingerprint density at radius 1 is 1.00 bits per heavy atom. The Morgan fingerprint density at radius 2 is 1.73 bits per heavy atom. The van der Waals surface area contributed by atoms with Gasteiger partial charge in [-0.05, 0) is 30.9 Å². The van der Waals surface area contributed by atoms with Crippen molar-refractivity contribution in [1.29, 1.82) is 0 Å². The molecule has 1 N–H and O–H groups in total. The molecular weight excluding hydrogens is 186 g/mol. The minimum absolute atomic E-state index is 0.343. The number of hydrogen-bond donors (Lipinski definition) is 1. The SMILES string of the molecule is OCCCCCCCCc1cccnc1. The summed E-state index contributed by atoms with van der Waals surface area (Å²) in [5.74, 6) is 0. The third kappa shape index (κ3) is 6.24. The summed E-state index contributed by atoms with van der Waals surface area (Å²) < 4.78 is 0. The monoisotopic (exact) mass is 207 g/mol. The molecule has 0 aliphatic rings. The molecule has 0 atom stereocenters. The van der Waals surface area contributed by atoms with Crippen molar-refractivity contribution in [2.45, 2.75) is 44.9 Å². The van der Waals surface area contributed by atoms with Crippen LogP contribution in [0.25, 0.3) is 0 Å². The van der Waals surface area contributed by atoms with Crippen molar-refractivity contribution in [3.63, 3.8) is 0 Å². The van der Waals surface area contributed by atoms with Gasteiger partial charge < -0.3 is 5.11 Å². The van der Waals surface area contributed by atoms with Crippen LogP contribution in [0.5, 0.6) is 0 Å². The molecule has 0 saturated heterocycles. The predicted octanol–water partition coefficient (Wildman–Crippen LogP) is 2.96. The number of rotatable bonds is 8. The van der Waals surface area contributed by atoms with Gasteiger partial charge in [0.25, 0.3) is 0 Å². The lowest BCUT2D eigenvalue weighted by Crippen LogP contribution is -1.87. The van der Waals surface area contributed by atoms with E-state index in [1.807, 2.05) is 18.5 Å². The van der Waals surface area contributed by atoms with Crippen molar-refractivity contribution in [3.8, 4) is 0 Å². The van der Waals surface area contributed by atoms with Crippen LogP contribution in [-0.4, -0.2) is 16.7 Å². The Hall–Kier alpha value is -0.890. The lowest BCUT2D eigenvalue weighted by atomic mass is 10.1. The minimum Gasteiger partial charge on any atom is -0.396 e. The molecule has 0 fully saturated rings. The zero-order chi connectivity index (χ0) is 10.8. The smallest absolute Gasteiger partial charge is 0.0431 e. The van der Waals surface area contributed by atoms with Crippen LogP contribution in [-0.2, 0) is 6.42 Å². The molecule has 0 saturated carbocycles. The Balaban J connectivity index is 1.93. The molecule has 0 unspecified atom stereocenters. The molecule has 0 aliphatic carbocycles. The zero-order valence-electron chi connectivity index (χ0n) is 9.36. The molecule has 2 heteroatoms. The Morgan fingerprint density at radius 3 is 2.40 bits per heavy atom. The molecule has 0 spiro atoms. The van der Waals surface area contributed by atoms with Gasteiger partial charge in [0.05, 0.1) is 0 Å². The van der Waals surface area contributed by atoms with Gasteiger partial charge in [-0.2, -0.15) is 0 Å². The van der Waals surface area contributed by atoms with Gasteiger partial charge in [-0.3, -0.25) is 4.98 Å². The third-order valence-electron chi connectivity index (χ3n) is 2.60. The lowest BCUT2D eigenvalue weighted by Gasteiger charge is -2.01. The summed E-state index contributed by atoms with van der Waals surface area (Å²) >= 11 is 0. The molecule has 0 radical (unpaired) electrons. The van der Waals surface area contributed by atoms with E-state index in [1.165, 1.54) is 37.7 Å². The first-order valence-electron chi connectivity index (χ1n) is 5.93. The van der Waals surface area contributed by atoms with Gasteiger partial charge in [0.2, 0.25) is 0 Å². The Bertz CT molecular complexity index is 236. The molecule has 0 bridgehead atoms. The highest BCUT2D eigenvalue weighted by Crippen LogP contribution is 2.08. The van der Waals surface area contributed by atoms with Gasteiger partial charge in [-0.15, -0.1) is 0 Å². The maximum Gasteiger partial charge on any atom is 0.0431 e. The summed E-state index contributed by atoms with van der Waals surface area (Å²) in [5, 5.41) is 8.61. The average Bonchev–Trinajstić information content (AvgIpc) is 2.29. The maximum absolute atomic E-state index is 8.61. The van der Waals surface area contributed by atoms with Crippen LogP contribution in [0, 0.1) is 0 Å². The second kappa shape index (κ2) is 8.42. The van der Waals surface area contributed by atoms with Crippen LogP contribution in [0.3, 0.4) is 0 Å². The van der Waals surface area contributed by atoms with Gasteiger partial charge in [0.15, 0.2) is 0 Å². The third-order valence-corrected chi connectivity index (χ3v) is 2.60. The molecule has 2 nitrogen and oxygen atoms in total. The van der Waals surface area contributed by atoms with Crippen LogP contribution in [0.2, 0.25) is 0 Å². The summed E-state index contributed by atoms with van der Waals surface area (Å²) in [5.41, 5.74) is 1.34. The molecule has 1 aromatic heterocycles. The van der Waals surface area contributed by atoms with E-state index in [-0.39, 0.29) is 0 Å². The topological polar surface area (TPSA) is 33.1 Å². The standard InChI is InChI=1S/C13H21NO/c15-11-6-4-2-1-3-5-8-13-9-7-10-14-12-13/h7,9-10,12,15H,1-6,8,11H2. The first-order valence-corrected chi connectivity index (χ1v) is 5.93. The maximum atomic E-state index is 8.61. The van der Waals surface area contributed by atoms with Crippen LogP contribution in [0.1, 0.15) is 44.1 Å². The van der Waals surface area contributed by atoms with Gasteiger partial charge in [0.1, 0.15) is 0 Å². The van der Waals surface area contributed by atoms with Crippen molar-refractivity contribution < 1.29 is 5.11 Å². The van der Waals surface area contributed by atoms with Crippen molar-refractivity contribution in [2.75, 3.05) is 6.61 Å². The number of nitrogens with zero attached hydrogens (tertiary/aromatic N) is 1. The van der Waals surface area contributed by atoms with E-state index in [2.05, 4.69) is 11.1 Å². The molecule has 15 heavy (non-hydrogen) atoms. The van der Waals surface area contributed by atoms with E-state index in [1.54, 1.807) is 0 Å². The Labute approximate surface area is 92.4 Å². The van der Waals surface area contributed by atoms with Crippen LogP contribution >= 0.6 is 0 Å². The molecule has 0 amide bonds. The molecule has 1 aromatic rings. The minimum atomic E-state index is 0.343. The predicted molar refractivity (Wildman–Crippen MR) is 62.7 cm³/mol. The highest BCUT2D eigenvalue weighted by atomic mass is 16.2. The number of aromatic nitrogens is 1. The van der Waals surface area contributed by atoms with Crippen molar-refractivity contribution >= 4 is 0 Å². The van der Waals surface area contributed by atoms with Crippen molar-refractivity contribution in [1.82, 2.24) is 4.98 Å². The highest BCUT2D eigenvalue weighted by molar-refractivity contribution is 5.08. The second-order valence-electron chi connectivity index (χ2n) is 3.96. The van der Waals surface area contributed by atoms with E-state index in [4.69, 9.17) is 5.11 Å². The Kier molecular flexibility index (Phi) is 6.84. The average molecular weight is 207 g/mol. The number of hydrogen-bond acceptors (Lipinski definition) is 2. The van der Waals surface area contributed by atoms with Gasteiger partial charge in [-0.25, -0.2) is 0 Å². The number of aliphatic hydroxyl groups is 1. The van der Waals surface area contributed by atoms with Gasteiger partial charge in [0, 0.05) is 19.0 Å². The zero-order valence-corrected chi connectivity index (χ0v) is 9.36. The van der Waals surface area contributed by atoms with Gasteiger partial charge >= 0.3 is 0 Å². The highest BCUT2D eigenvalue weighted by Gasteiger charge is 1.93. The largest absolute Gasteiger partial charge is 0.396 e. The fraction of sp³-hybridized carbons (Fsp3) is 0.615. The van der Waals surface area contributed by atoms with Gasteiger partial charge in [-0.1, -0.05) is 31.7 Å². The first-order chi connectivity index (χ1) is 7.43. The lowest BCUT2D eigenvalue weighted by molar-refractivity contribution is 0.282. The van der Waals surface area contributed by atoms with Crippen LogP contribution in [0.4, 0.5) is 0 Å². The van der Waals surface area contributed by atoms with Crippen molar-refractivity contribution in [2.24, 2.45) is 0 Å². The number of aliphatic hydroxyl groups excluding tert-OH is 1. The van der Waals surface area contributed by atoms with Crippen LogP contribution in [0.15, 0.2) is 24.5 Å². The molecule has 0 aliphatic heterocycles. The molecule has 84 valence electrons. The normalized spacial score (nSPS) is 10.5. The summed E-state index contributed by atoms with van der Waals surface area (Å²) in [6.07, 6.45) is 12.1. The fourth-order valence-corrected chi connectivity index (χ4v) is 1.69. The number of unbranched alkanes of at least 4 members (excludes halogenated alkanes) is 5. The van der Waals surface area contributed by atoms with Crippen LogP contribution < -0.4 is 0 Å². The fourth-order valence-electron chi connectivity index (χ4n) is 1.69. The first kappa shape index (κ1) is 12.2. The second-order valence-corrected chi connectivity index (χ2v) is 3.96. The summed E-state index contributed by atoms with van der Waals surface area (Å²) in [7, 11) is 0. The summed E-state index contributed by atoms with van der Waals surface area (Å²) in [6.45, 7) is 0.343. The van der Waals surface area contributed by atoms with E-state index in [9.17, 15) is 0 Å². The number of aryl methyl sites for hydroxylation is 1. The van der Waals surface area contributed by atoms with E-state index in [0.29, 0.717) is 6.61 Å². The van der Waals surface area contributed by atoms with Crippen molar-refractivity contribution in [3.05, 3.63) is 30.1 Å². The summed E-state index contributed by atoms with van der Waals surface area (Å²) in [6, 6.07) is 4.13. The van der Waals surface area contributed by atoms with E-state index < -0.39 is 0 Å². The molecule has 1 rings (SSSR count). The van der Waals surface area contributed by atoms with E-state index >= 15 is 0 Å². The molecule has 1 heterocycles. The summed E-state index contributed by atoms with van der Waals surface area (Å²) in [4.78, 5) is 4.10. The quantitative estimate of drug-likeness (QED) is 0.665. The van der Waals surface area contributed by atoms with E-state index in [0.717, 1.165) is 12.8 Å². The number of pyridine rings is 1.